The Hall–Kier alpha value is -1.42. The van der Waals surface area contributed by atoms with Gasteiger partial charge in [-0.3, -0.25) is 0 Å². The summed E-state index contributed by atoms with van der Waals surface area (Å²) >= 11 is 0. The van der Waals surface area contributed by atoms with Gasteiger partial charge in [0.25, 0.3) is 0 Å². The highest BCUT2D eigenvalue weighted by Gasteiger charge is 2.16. The molecule has 0 saturated heterocycles. The highest BCUT2D eigenvalue weighted by Crippen LogP contribution is 2.17. The Morgan fingerprint density at radius 1 is 1.38 bits per heavy atom. The first kappa shape index (κ1) is 11.1. The van der Waals surface area contributed by atoms with Crippen LogP contribution in [0.2, 0.25) is 0 Å². The molecule has 1 aromatic carbocycles. The van der Waals surface area contributed by atoms with Crippen molar-refractivity contribution in [2.24, 2.45) is 5.73 Å². The van der Waals surface area contributed by atoms with Gasteiger partial charge >= 0.3 is 0 Å². The summed E-state index contributed by atoms with van der Waals surface area (Å²) in [5.74, 6) is -0.441. The van der Waals surface area contributed by atoms with Gasteiger partial charge in [0, 0.05) is 12.5 Å². The van der Waals surface area contributed by atoms with Crippen molar-refractivity contribution in [3.63, 3.8) is 0 Å². The maximum Gasteiger partial charge on any atom is 0.129 e. The zero-order valence-electron chi connectivity index (χ0n) is 8.75. The molecule has 1 aliphatic rings. The van der Waals surface area contributed by atoms with Gasteiger partial charge in [-0.05, 0) is 24.1 Å². The Kier molecular flexibility index (Phi) is 3.19. The van der Waals surface area contributed by atoms with Gasteiger partial charge in [0.15, 0.2) is 0 Å². The Labute approximate surface area is 92.7 Å². The molecule has 0 radical (unpaired) electrons. The standard InChI is InChI=1S/C12H13F2NO/c13-9-4-3-8(10(14)7-9)6-11(15)12-2-1-5-16-12/h2-4,7,11H,1,5-6,15H2. The van der Waals surface area contributed by atoms with Crippen LogP contribution in [-0.4, -0.2) is 12.6 Å². The molecule has 1 aromatic rings. The summed E-state index contributed by atoms with van der Waals surface area (Å²) in [7, 11) is 0. The van der Waals surface area contributed by atoms with Crippen LogP contribution in [0.1, 0.15) is 12.0 Å². The number of hydrogen-bond donors (Lipinski definition) is 1. The fourth-order valence-electron chi connectivity index (χ4n) is 1.72. The molecule has 0 saturated carbocycles. The van der Waals surface area contributed by atoms with E-state index in [0.717, 1.165) is 12.5 Å². The molecule has 1 aliphatic heterocycles. The van der Waals surface area contributed by atoms with E-state index in [-0.39, 0.29) is 6.04 Å². The molecule has 1 heterocycles. The second kappa shape index (κ2) is 4.61. The SMILES string of the molecule is NC(Cc1ccc(F)cc1F)C1=CCCO1. The van der Waals surface area contributed by atoms with Gasteiger partial charge in [-0.25, -0.2) is 8.78 Å². The molecule has 4 heteroatoms. The van der Waals surface area contributed by atoms with Gasteiger partial charge < -0.3 is 10.5 Å². The van der Waals surface area contributed by atoms with E-state index in [4.69, 9.17) is 10.5 Å². The van der Waals surface area contributed by atoms with Crippen molar-refractivity contribution in [1.82, 2.24) is 0 Å². The van der Waals surface area contributed by atoms with Crippen LogP contribution in [0.25, 0.3) is 0 Å². The molecule has 1 unspecified atom stereocenters. The third-order valence-electron chi connectivity index (χ3n) is 2.55. The first-order valence-electron chi connectivity index (χ1n) is 5.19. The van der Waals surface area contributed by atoms with Crippen LogP contribution in [0.5, 0.6) is 0 Å². The molecule has 0 aliphatic carbocycles. The number of nitrogens with two attached hydrogens (primary N) is 1. The van der Waals surface area contributed by atoms with Crippen LogP contribution < -0.4 is 5.73 Å². The summed E-state index contributed by atoms with van der Waals surface area (Å²) in [4.78, 5) is 0. The smallest absolute Gasteiger partial charge is 0.129 e. The van der Waals surface area contributed by atoms with Crippen molar-refractivity contribution in [2.45, 2.75) is 18.9 Å². The van der Waals surface area contributed by atoms with Gasteiger partial charge in [-0.2, -0.15) is 0 Å². The van der Waals surface area contributed by atoms with Crippen LogP contribution in [0.15, 0.2) is 30.0 Å². The van der Waals surface area contributed by atoms with Crippen molar-refractivity contribution >= 4 is 0 Å². The molecular weight excluding hydrogens is 212 g/mol. The highest BCUT2D eigenvalue weighted by atomic mass is 19.1. The van der Waals surface area contributed by atoms with E-state index in [9.17, 15) is 8.78 Å². The largest absolute Gasteiger partial charge is 0.496 e. The molecule has 0 amide bonds. The van der Waals surface area contributed by atoms with Crippen molar-refractivity contribution < 1.29 is 13.5 Å². The molecule has 2 rings (SSSR count). The lowest BCUT2D eigenvalue weighted by Gasteiger charge is -2.13. The number of hydrogen-bond acceptors (Lipinski definition) is 2. The first-order chi connectivity index (χ1) is 7.66. The lowest BCUT2D eigenvalue weighted by atomic mass is 10.0. The third-order valence-corrected chi connectivity index (χ3v) is 2.55. The van der Waals surface area contributed by atoms with Gasteiger partial charge in [-0.15, -0.1) is 0 Å². The van der Waals surface area contributed by atoms with Crippen molar-refractivity contribution in [1.29, 1.82) is 0 Å². The van der Waals surface area contributed by atoms with Gasteiger partial charge in [-0.1, -0.05) is 6.07 Å². The van der Waals surface area contributed by atoms with Gasteiger partial charge in [0.1, 0.15) is 17.4 Å². The Morgan fingerprint density at radius 3 is 2.81 bits per heavy atom. The minimum absolute atomic E-state index is 0.317. The average Bonchev–Trinajstić information content (AvgIpc) is 2.75. The fourth-order valence-corrected chi connectivity index (χ4v) is 1.72. The molecule has 0 aromatic heterocycles. The zero-order chi connectivity index (χ0) is 11.5. The second-order valence-corrected chi connectivity index (χ2v) is 3.79. The minimum atomic E-state index is -0.578. The molecule has 86 valence electrons. The molecular formula is C12H13F2NO. The van der Waals surface area contributed by atoms with E-state index >= 15 is 0 Å². The van der Waals surface area contributed by atoms with Crippen molar-refractivity contribution in [3.05, 3.63) is 47.2 Å². The van der Waals surface area contributed by atoms with E-state index < -0.39 is 11.6 Å². The second-order valence-electron chi connectivity index (χ2n) is 3.79. The van der Waals surface area contributed by atoms with Crippen LogP contribution in [-0.2, 0) is 11.2 Å². The van der Waals surface area contributed by atoms with Crippen LogP contribution in [0.4, 0.5) is 8.78 Å². The van der Waals surface area contributed by atoms with E-state index in [1.165, 1.54) is 12.1 Å². The van der Waals surface area contributed by atoms with E-state index in [1.807, 2.05) is 6.08 Å². The Balaban J connectivity index is 2.08. The summed E-state index contributed by atoms with van der Waals surface area (Å²) in [6.07, 6.45) is 3.07. The predicted octanol–water partition coefficient (Wildman–Crippen LogP) is 2.14. The van der Waals surface area contributed by atoms with Crippen LogP contribution in [0.3, 0.4) is 0 Å². The molecule has 0 fully saturated rings. The zero-order valence-corrected chi connectivity index (χ0v) is 8.75. The fraction of sp³-hybridized carbons (Fsp3) is 0.333. The number of benzene rings is 1. The summed E-state index contributed by atoms with van der Waals surface area (Å²) < 4.78 is 31.3. The molecule has 0 spiro atoms. The van der Waals surface area contributed by atoms with E-state index in [1.54, 1.807) is 0 Å². The summed E-state index contributed by atoms with van der Waals surface area (Å²) in [6.45, 7) is 0.634. The highest BCUT2D eigenvalue weighted by molar-refractivity contribution is 5.22. The predicted molar refractivity (Wildman–Crippen MR) is 56.7 cm³/mol. The van der Waals surface area contributed by atoms with Crippen LogP contribution in [0, 0.1) is 11.6 Å². The lowest BCUT2D eigenvalue weighted by molar-refractivity contribution is 0.224. The van der Waals surface area contributed by atoms with E-state index in [2.05, 4.69) is 0 Å². The van der Waals surface area contributed by atoms with Gasteiger partial charge in [0.2, 0.25) is 0 Å². The molecule has 16 heavy (non-hydrogen) atoms. The van der Waals surface area contributed by atoms with E-state index in [0.29, 0.717) is 24.4 Å². The number of ether oxygens (including phenoxy) is 1. The molecule has 2 N–H and O–H groups in total. The van der Waals surface area contributed by atoms with Crippen molar-refractivity contribution in [2.75, 3.05) is 6.61 Å². The minimum Gasteiger partial charge on any atom is -0.496 e. The number of halogens is 2. The average molecular weight is 225 g/mol. The normalized spacial score (nSPS) is 16.8. The molecule has 1 atom stereocenters. The van der Waals surface area contributed by atoms with Crippen LogP contribution >= 0.6 is 0 Å². The summed E-state index contributed by atoms with van der Waals surface area (Å²) in [5.41, 5.74) is 6.27. The Bertz CT molecular complexity index is 417. The summed E-state index contributed by atoms with van der Waals surface area (Å²) in [6, 6.07) is 3.16. The number of rotatable bonds is 3. The summed E-state index contributed by atoms with van der Waals surface area (Å²) in [5, 5.41) is 0. The lowest BCUT2D eigenvalue weighted by Crippen LogP contribution is -2.26. The monoisotopic (exact) mass is 225 g/mol. The van der Waals surface area contributed by atoms with Crippen molar-refractivity contribution in [3.8, 4) is 0 Å². The molecule has 2 nitrogen and oxygen atoms in total. The third kappa shape index (κ3) is 2.39. The first-order valence-corrected chi connectivity index (χ1v) is 5.19. The quantitative estimate of drug-likeness (QED) is 0.855. The maximum absolute atomic E-state index is 13.3. The molecule has 0 bridgehead atoms. The maximum atomic E-state index is 13.3. The van der Waals surface area contributed by atoms with Gasteiger partial charge in [0.05, 0.1) is 12.6 Å². The Morgan fingerprint density at radius 2 is 2.19 bits per heavy atom. The topological polar surface area (TPSA) is 35.2 Å².